The van der Waals surface area contributed by atoms with E-state index in [1.54, 1.807) is 0 Å². The van der Waals surface area contributed by atoms with Crippen LogP contribution in [0.4, 0.5) is 11.4 Å². The summed E-state index contributed by atoms with van der Waals surface area (Å²) in [4.78, 5) is 0. The second-order valence-corrected chi connectivity index (χ2v) is 7.09. The number of hydrogen-bond donors (Lipinski definition) is 1. The number of fused-ring (bicyclic) bond motifs is 1. The van der Waals surface area contributed by atoms with Crippen molar-refractivity contribution in [1.82, 2.24) is 0 Å². The first-order chi connectivity index (χ1) is 14.3. The minimum atomic E-state index is 0.171. The molecule has 0 saturated heterocycles. The highest BCUT2D eigenvalue weighted by atomic mass is 14.9. The lowest BCUT2D eigenvalue weighted by Crippen LogP contribution is -2.52. The molecule has 0 aliphatic heterocycles. The van der Waals surface area contributed by atoms with Crippen molar-refractivity contribution < 1.29 is 0 Å². The molecule has 0 fully saturated rings. The molecule has 4 aromatic rings. The van der Waals surface area contributed by atoms with E-state index in [-0.39, 0.29) is 32.8 Å². The predicted molar refractivity (Wildman–Crippen MR) is 137 cm³/mol. The van der Waals surface area contributed by atoms with E-state index in [0.717, 1.165) is 16.9 Å². The molecule has 1 N–H and O–H groups in total. The molecule has 0 aliphatic carbocycles. The van der Waals surface area contributed by atoms with Crippen LogP contribution in [0.15, 0.2) is 54.6 Å². The highest BCUT2D eigenvalue weighted by molar-refractivity contribution is 6.71. The Morgan fingerprint density at radius 3 is 1.47 bits per heavy atom. The Morgan fingerprint density at radius 1 is 0.433 bits per heavy atom. The van der Waals surface area contributed by atoms with Crippen LogP contribution in [0.2, 0.25) is 0 Å². The van der Waals surface area contributed by atoms with E-state index in [1.165, 1.54) is 0 Å². The van der Waals surface area contributed by atoms with Crippen LogP contribution in [0.1, 0.15) is 0 Å². The SMILES string of the molecule is [B]c1c([B])c([B])c2c(-c3ccc(Nc4ccccc4)cc3)c([B])c([B])c([B])c2c1[B]. The summed E-state index contributed by atoms with van der Waals surface area (Å²) in [6.07, 6.45) is 0. The maximum absolute atomic E-state index is 6.36. The minimum absolute atomic E-state index is 0.171. The molecule has 0 aromatic heterocycles. The fraction of sp³-hybridized carbons (Fsp3) is 0. The van der Waals surface area contributed by atoms with Crippen molar-refractivity contribution >= 4 is 115 Å². The van der Waals surface area contributed by atoms with Gasteiger partial charge in [-0.2, -0.15) is 0 Å². The Hall–Kier alpha value is -2.61. The highest BCUT2D eigenvalue weighted by Crippen LogP contribution is 2.25. The summed E-state index contributed by atoms with van der Waals surface area (Å²) < 4.78 is 0. The molecule has 1 nitrogen and oxygen atoms in total. The fourth-order valence-electron chi connectivity index (χ4n) is 3.63. The van der Waals surface area contributed by atoms with Gasteiger partial charge in [0, 0.05) is 11.4 Å². The van der Waals surface area contributed by atoms with E-state index >= 15 is 0 Å². The third-order valence-electron chi connectivity index (χ3n) is 5.26. The summed E-state index contributed by atoms with van der Waals surface area (Å²) in [6.45, 7) is 0. The average Bonchev–Trinajstić information content (AvgIpc) is 2.76. The summed E-state index contributed by atoms with van der Waals surface area (Å²) in [5, 5.41) is 4.32. The van der Waals surface area contributed by atoms with Crippen molar-refractivity contribution in [3.63, 3.8) is 0 Å². The molecule has 0 aliphatic rings. The summed E-state index contributed by atoms with van der Waals surface area (Å²) in [7, 11) is 43.4. The standard InChI is InChI=1S/C22H10B7N/c23-16-13(10-6-8-12(9-7-10)30-11-4-2-1-3-5-11)14-15(18(25)20(16)27)19(26)22(29)21(28)17(14)24/h1-9,30H. The molecule has 14 radical (unpaired) electrons. The van der Waals surface area contributed by atoms with Crippen LogP contribution in [0.3, 0.4) is 0 Å². The molecular weight excluding hydrogens is 354 g/mol. The van der Waals surface area contributed by atoms with Gasteiger partial charge in [0.1, 0.15) is 54.9 Å². The van der Waals surface area contributed by atoms with E-state index < -0.39 is 0 Å². The maximum atomic E-state index is 6.36. The Labute approximate surface area is 186 Å². The van der Waals surface area contributed by atoms with Crippen LogP contribution in [-0.2, 0) is 0 Å². The van der Waals surface area contributed by atoms with Crippen LogP contribution in [0, 0.1) is 0 Å². The van der Waals surface area contributed by atoms with Crippen molar-refractivity contribution in [2.24, 2.45) is 0 Å². The topological polar surface area (TPSA) is 12.0 Å². The maximum Gasteiger partial charge on any atom is 0.113 e. The first-order valence-corrected chi connectivity index (χ1v) is 9.25. The van der Waals surface area contributed by atoms with Gasteiger partial charge in [-0.05, 0) is 46.2 Å². The molecule has 124 valence electrons. The normalized spacial score (nSPS) is 10.9. The molecule has 4 rings (SSSR count). The van der Waals surface area contributed by atoms with E-state index in [9.17, 15) is 0 Å². The van der Waals surface area contributed by atoms with Gasteiger partial charge in [0.2, 0.25) is 0 Å². The van der Waals surface area contributed by atoms with E-state index in [0.29, 0.717) is 21.8 Å². The fourth-order valence-corrected chi connectivity index (χ4v) is 3.63. The smallest absolute Gasteiger partial charge is 0.113 e. The van der Waals surface area contributed by atoms with Gasteiger partial charge in [0.05, 0.1) is 0 Å². The van der Waals surface area contributed by atoms with Gasteiger partial charge >= 0.3 is 0 Å². The van der Waals surface area contributed by atoms with Gasteiger partial charge in [-0.25, -0.2) is 0 Å². The zero-order valence-electron chi connectivity index (χ0n) is 16.2. The van der Waals surface area contributed by atoms with Gasteiger partial charge in [-0.15, -0.1) is 16.4 Å². The number of para-hydroxylation sites is 1. The zero-order valence-corrected chi connectivity index (χ0v) is 16.2. The number of rotatable bonds is 3. The van der Waals surface area contributed by atoms with Crippen molar-refractivity contribution in [3.8, 4) is 11.1 Å². The molecule has 0 heterocycles. The number of hydrogen-bond acceptors (Lipinski definition) is 1. The summed E-state index contributed by atoms with van der Waals surface area (Å²) in [5.41, 5.74) is 4.89. The highest BCUT2D eigenvalue weighted by Gasteiger charge is 2.17. The summed E-state index contributed by atoms with van der Waals surface area (Å²) in [6, 6.07) is 17.5. The third-order valence-corrected chi connectivity index (χ3v) is 5.26. The molecule has 0 unspecified atom stereocenters. The lowest BCUT2D eigenvalue weighted by molar-refractivity contribution is 1.55. The van der Waals surface area contributed by atoms with Crippen molar-refractivity contribution in [2.45, 2.75) is 0 Å². The van der Waals surface area contributed by atoms with Crippen molar-refractivity contribution in [2.75, 3.05) is 5.32 Å². The second kappa shape index (κ2) is 7.91. The first-order valence-electron chi connectivity index (χ1n) is 9.25. The molecule has 0 bridgehead atoms. The molecule has 0 saturated carbocycles. The zero-order chi connectivity index (χ0) is 21.6. The molecule has 0 spiro atoms. The van der Waals surface area contributed by atoms with Crippen LogP contribution >= 0.6 is 0 Å². The number of nitrogens with one attached hydrogen (secondary N) is 1. The Morgan fingerprint density at radius 2 is 0.900 bits per heavy atom. The van der Waals surface area contributed by atoms with E-state index in [2.05, 4.69) is 5.32 Å². The van der Waals surface area contributed by atoms with Gasteiger partial charge in [-0.1, -0.05) is 52.2 Å². The summed E-state index contributed by atoms with van der Waals surface area (Å²) >= 11 is 0. The van der Waals surface area contributed by atoms with Gasteiger partial charge in [-0.3, -0.25) is 0 Å². The minimum Gasteiger partial charge on any atom is -0.356 e. The molecule has 0 atom stereocenters. The summed E-state index contributed by atoms with van der Waals surface area (Å²) in [5.74, 6) is 0. The van der Waals surface area contributed by atoms with Crippen molar-refractivity contribution in [1.29, 1.82) is 0 Å². The van der Waals surface area contributed by atoms with Crippen LogP contribution in [-0.4, -0.2) is 54.9 Å². The lowest BCUT2D eigenvalue weighted by atomic mass is 9.59. The first kappa shape index (κ1) is 20.7. The molecule has 0 amide bonds. The number of anilines is 2. The van der Waals surface area contributed by atoms with Gasteiger partial charge in [0.15, 0.2) is 0 Å². The van der Waals surface area contributed by atoms with E-state index in [4.69, 9.17) is 54.9 Å². The number of benzene rings is 4. The van der Waals surface area contributed by atoms with Crippen LogP contribution in [0.5, 0.6) is 0 Å². The van der Waals surface area contributed by atoms with Crippen LogP contribution < -0.4 is 43.6 Å². The predicted octanol–water partition coefficient (Wildman–Crippen LogP) is -2.19. The van der Waals surface area contributed by atoms with Crippen molar-refractivity contribution in [3.05, 3.63) is 54.6 Å². The van der Waals surface area contributed by atoms with Gasteiger partial charge < -0.3 is 5.32 Å². The second-order valence-electron chi connectivity index (χ2n) is 7.09. The molecule has 8 heteroatoms. The molecular formula is C22H10B7N. The Balaban J connectivity index is 1.93. The van der Waals surface area contributed by atoms with Gasteiger partial charge in [0.25, 0.3) is 0 Å². The Kier molecular flexibility index (Phi) is 5.45. The average molecular weight is 364 g/mol. The lowest BCUT2D eigenvalue weighted by Gasteiger charge is -2.25. The molecule has 30 heavy (non-hydrogen) atoms. The third kappa shape index (κ3) is 3.33. The molecule has 4 aromatic carbocycles. The monoisotopic (exact) mass is 365 g/mol. The largest absolute Gasteiger partial charge is 0.356 e. The van der Waals surface area contributed by atoms with Crippen LogP contribution in [0.25, 0.3) is 21.9 Å². The van der Waals surface area contributed by atoms with E-state index in [1.807, 2.05) is 54.6 Å². The quantitative estimate of drug-likeness (QED) is 0.408. The Bertz CT molecular complexity index is 1260.